The van der Waals surface area contributed by atoms with Crippen LogP contribution in [0.4, 0.5) is 4.39 Å². The van der Waals surface area contributed by atoms with Crippen molar-refractivity contribution in [2.24, 2.45) is 0 Å². The summed E-state index contributed by atoms with van der Waals surface area (Å²) in [5, 5.41) is 8.92. The maximum atomic E-state index is 13.1. The molecule has 0 aliphatic rings. The summed E-state index contributed by atoms with van der Waals surface area (Å²) in [6.07, 6.45) is 0. The molecule has 2 rings (SSSR count). The average molecular weight is 261 g/mol. The van der Waals surface area contributed by atoms with Crippen LogP contribution in [0.25, 0.3) is 0 Å². The van der Waals surface area contributed by atoms with Crippen LogP contribution in [0.2, 0.25) is 0 Å². The molecule has 0 spiro atoms. The van der Waals surface area contributed by atoms with Gasteiger partial charge >= 0.3 is 5.97 Å². The number of aromatic carboxylic acids is 1. The number of carbonyl (C=O) groups is 1. The number of rotatable bonds is 3. The SMILES string of the molecule is Cc1ccc(C(=O)O)c(=O)n1Cc1cccc(F)c1. The third-order valence-electron chi connectivity index (χ3n) is 2.85. The number of aryl methyl sites for hydroxylation is 1. The molecule has 19 heavy (non-hydrogen) atoms. The molecule has 0 saturated carbocycles. The Kier molecular flexibility index (Phi) is 3.46. The Morgan fingerprint density at radius 2 is 2.05 bits per heavy atom. The Bertz CT molecular complexity index is 691. The lowest BCUT2D eigenvalue weighted by Crippen LogP contribution is -2.28. The molecule has 1 heterocycles. The largest absolute Gasteiger partial charge is 0.477 e. The van der Waals surface area contributed by atoms with E-state index in [1.807, 2.05) is 0 Å². The van der Waals surface area contributed by atoms with E-state index in [2.05, 4.69) is 0 Å². The van der Waals surface area contributed by atoms with Crippen LogP contribution in [0.3, 0.4) is 0 Å². The van der Waals surface area contributed by atoms with E-state index >= 15 is 0 Å². The molecule has 1 aromatic heterocycles. The van der Waals surface area contributed by atoms with Crippen LogP contribution < -0.4 is 5.56 Å². The topological polar surface area (TPSA) is 59.3 Å². The van der Waals surface area contributed by atoms with Crippen molar-refractivity contribution in [2.45, 2.75) is 13.5 Å². The summed E-state index contributed by atoms with van der Waals surface area (Å²) in [6.45, 7) is 1.84. The highest BCUT2D eigenvalue weighted by Crippen LogP contribution is 2.07. The first-order valence-corrected chi connectivity index (χ1v) is 5.67. The Hall–Kier alpha value is -2.43. The van der Waals surface area contributed by atoms with E-state index < -0.39 is 17.3 Å². The van der Waals surface area contributed by atoms with Gasteiger partial charge in [-0.2, -0.15) is 0 Å². The fraction of sp³-hybridized carbons (Fsp3) is 0.143. The van der Waals surface area contributed by atoms with E-state index in [-0.39, 0.29) is 12.1 Å². The van der Waals surface area contributed by atoms with Crippen molar-refractivity contribution in [1.29, 1.82) is 0 Å². The van der Waals surface area contributed by atoms with Gasteiger partial charge in [-0.3, -0.25) is 4.79 Å². The minimum Gasteiger partial charge on any atom is -0.477 e. The minimum absolute atomic E-state index is 0.142. The highest BCUT2D eigenvalue weighted by Gasteiger charge is 2.12. The minimum atomic E-state index is -1.27. The summed E-state index contributed by atoms with van der Waals surface area (Å²) >= 11 is 0. The zero-order valence-electron chi connectivity index (χ0n) is 10.3. The number of halogens is 1. The van der Waals surface area contributed by atoms with E-state index in [4.69, 9.17) is 5.11 Å². The quantitative estimate of drug-likeness (QED) is 0.919. The fourth-order valence-electron chi connectivity index (χ4n) is 1.85. The Morgan fingerprint density at radius 3 is 2.68 bits per heavy atom. The standard InChI is InChI=1S/C14H12FNO3/c1-9-5-6-12(14(18)19)13(17)16(9)8-10-3-2-4-11(15)7-10/h2-7H,8H2,1H3,(H,18,19). The van der Waals surface area contributed by atoms with Crippen molar-refractivity contribution in [3.05, 3.63) is 69.4 Å². The lowest BCUT2D eigenvalue weighted by Gasteiger charge is -2.10. The summed E-state index contributed by atoms with van der Waals surface area (Å²) in [6, 6.07) is 8.70. The van der Waals surface area contributed by atoms with Gasteiger partial charge in [-0.05, 0) is 36.8 Å². The number of pyridine rings is 1. The van der Waals surface area contributed by atoms with E-state index in [1.165, 1.54) is 22.8 Å². The molecule has 0 unspecified atom stereocenters. The van der Waals surface area contributed by atoms with Gasteiger partial charge in [-0.25, -0.2) is 9.18 Å². The highest BCUT2D eigenvalue weighted by molar-refractivity contribution is 5.87. The number of aromatic nitrogens is 1. The number of carboxylic acid groups (broad SMARTS) is 1. The predicted molar refractivity (Wildman–Crippen MR) is 67.9 cm³/mol. The lowest BCUT2D eigenvalue weighted by atomic mass is 10.2. The summed E-state index contributed by atoms with van der Waals surface area (Å²) in [7, 11) is 0. The third-order valence-corrected chi connectivity index (χ3v) is 2.85. The molecule has 0 atom stereocenters. The maximum Gasteiger partial charge on any atom is 0.341 e. The molecular weight excluding hydrogens is 249 g/mol. The zero-order valence-corrected chi connectivity index (χ0v) is 10.3. The second-order valence-electron chi connectivity index (χ2n) is 4.21. The second kappa shape index (κ2) is 5.06. The molecule has 0 bridgehead atoms. The first-order valence-electron chi connectivity index (χ1n) is 5.67. The molecule has 1 aromatic carbocycles. The molecule has 4 nitrogen and oxygen atoms in total. The monoisotopic (exact) mass is 261 g/mol. The molecular formula is C14H12FNO3. The molecule has 0 fully saturated rings. The Balaban J connectivity index is 2.48. The number of hydrogen-bond acceptors (Lipinski definition) is 2. The van der Waals surface area contributed by atoms with E-state index in [0.717, 1.165) is 0 Å². The zero-order chi connectivity index (χ0) is 14.0. The van der Waals surface area contributed by atoms with Crippen molar-refractivity contribution >= 4 is 5.97 Å². The molecule has 0 amide bonds. The predicted octanol–water partition coefficient (Wildman–Crippen LogP) is 2.04. The van der Waals surface area contributed by atoms with Crippen LogP contribution in [0.15, 0.2) is 41.2 Å². The Labute approximate surface area is 108 Å². The van der Waals surface area contributed by atoms with Crippen LogP contribution in [-0.4, -0.2) is 15.6 Å². The molecule has 0 saturated heterocycles. The van der Waals surface area contributed by atoms with Gasteiger partial charge in [0.05, 0.1) is 6.54 Å². The van der Waals surface area contributed by atoms with Crippen molar-refractivity contribution < 1.29 is 14.3 Å². The van der Waals surface area contributed by atoms with Crippen molar-refractivity contribution in [1.82, 2.24) is 4.57 Å². The van der Waals surface area contributed by atoms with Crippen molar-refractivity contribution in [3.8, 4) is 0 Å². The first-order chi connectivity index (χ1) is 8.99. The average Bonchev–Trinajstić information content (AvgIpc) is 2.34. The van der Waals surface area contributed by atoms with Crippen LogP contribution in [0, 0.1) is 12.7 Å². The van der Waals surface area contributed by atoms with Gasteiger partial charge in [0.1, 0.15) is 11.4 Å². The highest BCUT2D eigenvalue weighted by atomic mass is 19.1. The number of hydrogen-bond donors (Lipinski definition) is 1. The number of nitrogens with zero attached hydrogens (tertiary/aromatic N) is 1. The lowest BCUT2D eigenvalue weighted by molar-refractivity contribution is 0.0694. The molecule has 0 aliphatic carbocycles. The molecule has 5 heteroatoms. The van der Waals surface area contributed by atoms with Crippen LogP contribution in [0.1, 0.15) is 21.6 Å². The third kappa shape index (κ3) is 2.70. The number of benzene rings is 1. The molecule has 0 radical (unpaired) electrons. The van der Waals surface area contributed by atoms with Gasteiger partial charge in [0.25, 0.3) is 5.56 Å². The molecule has 2 aromatic rings. The van der Waals surface area contributed by atoms with Crippen molar-refractivity contribution in [2.75, 3.05) is 0 Å². The molecule has 98 valence electrons. The van der Waals surface area contributed by atoms with Crippen LogP contribution in [-0.2, 0) is 6.54 Å². The fourth-order valence-corrected chi connectivity index (χ4v) is 1.85. The normalized spacial score (nSPS) is 10.4. The van der Waals surface area contributed by atoms with E-state index in [9.17, 15) is 14.0 Å². The van der Waals surface area contributed by atoms with Gasteiger partial charge in [-0.15, -0.1) is 0 Å². The smallest absolute Gasteiger partial charge is 0.341 e. The summed E-state index contributed by atoms with van der Waals surface area (Å²) in [4.78, 5) is 22.9. The summed E-state index contributed by atoms with van der Waals surface area (Å²) < 4.78 is 14.4. The van der Waals surface area contributed by atoms with Crippen molar-refractivity contribution in [3.63, 3.8) is 0 Å². The van der Waals surface area contributed by atoms with E-state index in [0.29, 0.717) is 11.3 Å². The molecule has 1 N–H and O–H groups in total. The van der Waals surface area contributed by atoms with Crippen LogP contribution in [0.5, 0.6) is 0 Å². The second-order valence-corrected chi connectivity index (χ2v) is 4.21. The maximum absolute atomic E-state index is 13.1. The summed E-state index contributed by atoms with van der Waals surface area (Å²) in [5.41, 5.74) is 0.353. The number of carboxylic acids is 1. The van der Waals surface area contributed by atoms with Gasteiger partial charge < -0.3 is 9.67 Å². The van der Waals surface area contributed by atoms with Gasteiger partial charge in [-0.1, -0.05) is 12.1 Å². The Morgan fingerprint density at radius 1 is 1.32 bits per heavy atom. The molecule has 0 aliphatic heterocycles. The van der Waals surface area contributed by atoms with Gasteiger partial charge in [0, 0.05) is 5.69 Å². The van der Waals surface area contributed by atoms with Gasteiger partial charge in [0.15, 0.2) is 0 Å². The summed E-state index contributed by atoms with van der Waals surface area (Å²) in [5.74, 6) is -1.66. The van der Waals surface area contributed by atoms with Crippen LogP contribution >= 0.6 is 0 Å². The van der Waals surface area contributed by atoms with Gasteiger partial charge in [0.2, 0.25) is 0 Å². The van der Waals surface area contributed by atoms with E-state index in [1.54, 1.807) is 25.1 Å². The first kappa shape index (κ1) is 13.0.